The van der Waals surface area contributed by atoms with Crippen molar-refractivity contribution in [3.8, 4) is 0 Å². The van der Waals surface area contributed by atoms with Crippen LogP contribution < -0.4 is 5.32 Å². The average Bonchev–Trinajstić information content (AvgIpc) is 3.14. The summed E-state index contributed by atoms with van der Waals surface area (Å²) in [7, 11) is 0. The van der Waals surface area contributed by atoms with Gasteiger partial charge in [0, 0.05) is 19.6 Å². The van der Waals surface area contributed by atoms with Crippen LogP contribution in [0.25, 0.3) is 0 Å². The summed E-state index contributed by atoms with van der Waals surface area (Å²) in [6, 6.07) is 3.63. The van der Waals surface area contributed by atoms with Crippen molar-refractivity contribution >= 4 is 11.8 Å². The van der Waals surface area contributed by atoms with Crippen molar-refractivity contribution in [3.05, 3.63) is 24.2 Å². The Morgan fingerprint density at radius 3 is 2.83 bits per heavy atom. The number of morpholine rings is 1. The summed E-state index contributed by atoms with van der Waals surface area (Å²) in [5.41, 5.74) is 0. The molecule has 0 saturated carbocycles. The van der Waals surface area contributed by atoms with E-state index in [0.29, 0.717) is 45.9 Å². The third kappa shape index (κ3) is 4.58. The van der Waals surface area contributed by atoms with Gasteiger partial charge in [0.25, 0.3) is 0 Å². The predicted octanol–water partition coefficient (Wildman–Crippen LogP) is 0.467. The van der Waals surface area contributed by atoms with E-state index in [1.165, 1.54) is 0 Å². The standard InChI is InChI=1S/C17H25N3O4/c21-16(18-11-15-4-2-8-24-15)13-19-5-1-3-14(12-19)17(22)20-6-9-23-10-7-20/h2,4,8,14H,1,3,5-7,9-13H2,(H,18,21)/t14-/m1/s1. The van der Waals surface area contributed by atoms with Crippen molar-refractivity contribution in [2.24, 2.45) is 5.92 Å². The number of likely N-dealkylation sites (tertiary alicyclic amines) is 1. The number of amides is 2. The second kappa shape index (κ2) is 8.30. The lowest BCUT2D eigenvalue weighted by Gasteiger charge is -2.35. The van der Waals surface area contributed by atoms with Crippen molar-refractivity contribution in [2.75, 3.05) is 45.9 Å². The molecule has 3 heterocycles. The fourth-order valence-electron chi connectivity index (χ4n) is 3.30. The smallest absolute Gasteiger partial charge is 0.234 e. The summed E-state index contributed by atoms with van der Waals surface area (Å²) in [5, 5.41) is 2.85. The van der Waals surface area contributed by atoms with Crippen molar-refractivity contribution in [3.63, 3.8) is 0 Å². The van der Waals surface area contributed by atoms with Gasteiger partial charge in [-0.05, 0) is 31.5 Å². The summed E-state index contributed by atoms with van der Waals surface area (Å²) in [5.74, 6) is 0.905. The van der Waals surface area contributed by atoms with Gasteiger partial charge in [0.1, 0.15) is 5.76 Å². The molecule has 2 amide bonds. The number of furan rings is 1. The minimum absolute atomic E-state index is 0.00489. The van der Waals surface area contributed by atoms with Crippen molar-refractivity contribution in [2.45, 2.75) is 19.4 Å². The monoisotopic (exact) mass is 335 g/mol. The van der Waals surface area contributed by atoms with Crippen molar-refractivity contribution in [1.29, 1.82) is 0 Å². The van der Waals surface area contributed by atoms with Crippen LogP contribution in [0.3, 0.4) is 0 Å². The molecule has 0 unspecified atom stereocenters. The summed E-state index contributed by atoms with van der Waals surface area (Å²) in [4.78, 5) is 28.6. The highest BCUT2D eigenvalue weighted by atomic mass is 16.5. The van der Waals surface area contributed by atoms with E-state index in [4.69, 9.17) is 9.15 Å². The van der Waals surface area contributed by atoms with E-state index >= 15 is 0 Å². The first kappa shape index (κ1) is 17.0. The SMILES string of the molecule is O=C(CN1CCC[C@@H](C(=O)N2CCOCC2)C1)NCc1ccco1. The normalized spacial score (nSPS) is 22.3. The summed E-state index contributed by atoms with van der Waals surface area (Å²) >= 11 is 0. The number of hydrogen-bond donors (Lipinski definition) is 1. The molecule has 0 spiro atoms. The largest absolute Gasteiger partial charge is 0.467 e. The van der Waals surface area contributed by atoms with E-state index in [-0.39, 0.29) is 17.7 Å². The predicted molar refractivity (Wildman–Crippen MR) is 87.1 cm³/mol. The number of nitrogens with one attached hydrogen (secondary N) is 1. The van der Waals surface area contributed by atoms with Gasteiger partial charge in [0.2, 0.25) is 11.8 Å². The third-order valence-electron chi connectivity index (χ3n) is 4.58. The molecule has 2 aliphatic heterocycles. The number of rotatable bonds is 5. The molecule has 24 heavy (non-hydrogen) atoms. The Hall–Kier alpha value is -1.86. The number of nitrogens with zero attached hydrogens (tertiary/aromatic N) is 2. The Morgan fingerprint density at radius 1 is 1.25 bits per heavy atom. The average molecular weight is 335 g/mol. The Labute approximate surface area is 141 Å². The van der Waals surface area contributed by atoms with Crippen molar-refractivity contribution < 1.29 is 18.7 Å². The highest BCUT2D eigenvalue weighted by Gasteiger charge is 2.30. The Kier molecular flexibility index (Phi) is 5.87. The van der Waals surface area contributed by atoms with E-state index in [1.54, 1.807) is 12.3 Å². The lowest BCUT2D eigenvalue weighted by molar-refractivity contribution is -0.142. The van der Waals surface area contributed by atoms with E-state index in [1.807, 2.05) is 11.0 Å². The number of carbonyl (C=O) groups excluding carboxylic acids is 2. The molecular formula is C17H25N3O4. The minimum atomic E-state index is -0.0362. The minimum Gasteiger partial charge on any atom is -0.467 e. The second-order valence-corrected chi connectivity index (χ2v) is 6.37. The van der Waals surface area contributed by atoms with E-state index in [2.05, 4.69) is 10.2 Å². The first-order chi connectivity index (χ1) is 11.7. The molecule has 0 radical (unpaired) electrons. The fourth-order valence-corrected chi connectivity index (χ4v) is 3.30. The molecule has 2 aliphatic rings. The zero-order valence-electron chi connectivity index (χ0n) is 13.9. The van der Waals surface area contributed by atoms with Crippen LogP contribution in [0, 0.1) is 5.92 Å². The van der Waals surface area contributed by atoms with Gasteiger partial charge >= 0.3 is 0 Å². The van der Waals surface area contributed by atoms with Crippen LogP contribution in [0.15, 0.2) is 22.8 Å². The zero-order valence-corrected chi connectivity index (χ0v) is 13.9. The summed E-state index contributed by atoms with van der Waals surface area (Å²) in [6.07, 6.45) is 3.45. The Morgan fingerprint density at radius 2 is 2.08 bits per heavy atom. The highest BCUT2D eigenvalue weighted by Crippen LogP contribution is 2.19. The molecule has 7 heteroatoms. The highest BCUT2D eigenvalue weighted by molar-refractivity contribution is 5.80. The molecule has 1 aromatic rings. The van der Waals surface area contributed by atoms with Crippen LogP contribution in [-0.2, 0) is 20.9 Å². The molecule has 2 saturated heterocycles. The lowest BCUT2D eigenvalue weighted by Crippen LogP contribution is -2.49. The zero-order chi connectivity index (χ0) is 16.8. The topological polar surface area (TPSA) is 75.0 Å². The molecule has 1 N–H and O–H groups in total. The maximum absolute atomic E-state index is 12.6. The molecule has 0 aromatic carbocycles. The van der Waals surface area contributed by atoms with Crippen LogP contribution in [0.1, 0.15) is 18.6 Å². The quantitative estimate of drug-likeness (QED) is 0.846. The number of hydrogen-bond acceptors (Lipinski definition) is 5. The van der Waals surface area contributed by atoms with E-state index < -0.39 is 0 Å². The van der Waals surface area contributed by atoms with Gasteiger partial charge in [-0.1, -0.05) is 0 Å². The first-order valence-electron chi connectivity index (χ1n) is 8.60. The maximum Gasteiger partial charge on any atom is 0.234 e. The van der Waals surface area contributed by atoms with Gasteiger partial charge in [-0.25, -0.2) is 0 Å². The molecule has 2 fully saturated rings. The Balaban J connectivity index is 1.44. The molecule has 3 rings (SSSR count). The van der Waals surface area contributed by atoms with Crippen LogP contribution >= 0.6 is 0 Å². The number of ether oxygens (including phenoxy) is 1. The van der Waals surface area contributed by atoms with Crippen LogP contribution in [-0.4, -0.2) is 67.6 Å². The van der Waals surface area contributed by atoms with Gasteiger partial charge < -0.3 is 19.4 Å². The molecule has 7 nitrogen and oxygen atoms in total. The fraction of sp³-hybridized carbons (Fsp3) is 0.647. The molecule has 0 bridgehead atoms. The van der Waals surface area contributed by atoms with Gasteiger partial charge in [-0.15, -0.1) is 0 Å². The van der Waals surface area contributed by atoms with Gasteiger partial charge in [0.05, 0.1) is 38.5 Å². The van der Waals surface area contributed by atoms with Crippen LogP contribution in [0.4, 0.5) is 0 Å². The maximum atomic E-state index is 12.6. The number of piperidine rings is 1. The first-order valence-corrected chi connectivity index (χ1v) is 8.60. The molecule has 1 atom stereocenters. The molecular weight excluding hydrogens is 310 g/mol. The summed E-state index contributed by atoms with van der Waals surface area (Å²) in [6.45, 7) is 4.85. The van der Waals surface area contributed by atoms with Gasteiger partial charge in [0.15, 0.2) is 0 Å². The van der Waals surface area contributed by atoms with E-state index in [0.717, 1.165) is 25.1 Å². The third-order valence-corrected chi connectivity index (χ3v) is 4.58. The van der Waals surface area contributed by atoms with Gasteiger partial charge in [-0.2, -0.15) is 0 Å². The lowest BCUT2D eigenvalue weighted by atomic mass is 9.96. The molecule has 132 valence electrons. The van der Waals surface area contributed by atoms with Crippen LogP contribution in [0.5, 0.6) is 0 Å². The van der Waals surface area contributed by atoms with Crippen molar-refractivity contribution in [1.82, 2.24) is 15.1 Å². The molecule has 1 aromatic heterocycles. The van der Waals surface area contributed by atoms with E-state index in [9.17, 15) is 9.59 Å². The van der Waals surface area contributed by atoms with Crippen LogP contribution in [0.2, 0.25) is 0 Å². The second-order valence-electron chi connectivity index (χ2n) is 6.37. The molecule has 0 aliphatic carbocycles. The summed E-state index contributed by atoms with van der Waals surface area (Å²) < 4.78 is 10.5. The van der Waals surface area contributed by atoms with Gasteiger partial charge in [-0.3, -0.25) is 14.5 Å². The number of carbonyl (C=O) groups is 2. The Bertz CT molecular complexity index is 540.